The number of aliphatic hydroxyl groups is 1. The number of unbranched alkanes of at least 4 members (excludes halogenated alkanes) is 6. The van der Waals surface area contributed by atoms with Gasteiger partial charge in [0.05, 0.1) is 25.5 Å². The third-order valence-corrected chi connectivity index (χ3v) is 9.91. The highest BCUT2D eigenvalue weighted by atomic mass is 16.4. The minimum atomic E-state index is -1.91. The fourth-order valence-electron chi connectivity index (χ4n) is 6.67. The lowest BCUT2D eigenvalue weighted by Gasteiger charge is -2.26. The summed E-state index contributed by atoms with van der Waals surface area (Å²) >= 11 is 0. The molecule has 0 spiro atoms. The van der Waals surface area contributed by atoms with E-state index in [0.29, 0.717) is 31.4 Å². The van der Waals surface area contributed by atoms with Gasteiger partial charge in [-0.3, -0.25) is 43.2 Å². The van der Waals surface area contributed by atoms with Gasteiger partial charge < -0.3 is 58.1 Å². The fraction of sp³-hybridized carbons (Fsp3) is 0.575. The van der Waals surface area contributed by atoms with Crippen molar-refractivity contribution in [3.8, 4) is 0 Å². The Morgan fingerprint density at radius 1 is 0.817 bits per heavy atom. The summed E-state index contributed by atoms with van der Waals surface area (Å²) in [5, 5.41) is 37.5. The van der Waals surface area contributed by atoms with Crippen LogP contribution in [0.15, 0.2) is 30.5 Å². The van der Waals surface area contributed by atoms with Gasteiger partial charge in [0.1, 0.15) is 30.2 Å². The van der Waals surface area contributed by atoms with E-state index in [4.69, 9.17) is 5.73 Å². The number of aromatic amines is 1. The van der Waals surface area contributed by atoms with E-state index in [1.807, 2.05) is 18.2 Å². The highest BCUT2D eigenvalue weighted by Crippen LogP contribution is 2.20. The number of carboxylic acid groups (broad SMARTS) is 1. The number of aromatic nitrogens is 1. The van der Waals surface area contributed by atoms with Crippen LogP contribution in [-0.4, -0.2) is 118 Å². The van der Waals surface area contributed by atoms with Crippen LogP contribution < -0.4 is 43.0 Å². The van der Waals surface area contributed by atoms with Crippen LogP contribution in [0, 0.1) is 0 Å². The molecule has 2 heterocycles. The second kappa shape index (κ2) is 24.8. The van der Waals surface area contributed by atoms with Gasteiger partial charge in [-0.2, -0.15) is 0 Å². The Balaban J connectivity index is 1.72. The van der Waals surface area contributed by atoms with Crippen molar-refractivity contribution >= 4 is 64.1 Å². The molecule has 3 rings (SSSR count). The van der Waals surface area contributed by atoms with Gasteiger partial charge in [-0.05, 0) is 37.8 Å². The van der Waals surface area contributed by atoms with Gasteiger partial charge in [-0.15, -0.1) is 0 Å². The molecule has 20 heteroatoms. The Hall–Kier alpha value is -6.05. The second-order valence-electron chi connectivity index (χ2n) is 14.9. The molecule has 6 atom stereocenters. The van der Waals surface area contributed by atoms with Crippen molar-refractivity contribution < 1.29 is 53.4 Å². The van der Waals surface area contributed by atoms with Gasteiger partial charge >= 0.3 is 5.97 Å². The van der Waals surface area contributed by atoms with Crippen molar-refractivity contribution in [1.82, 2.24) is 42.2 Å². The molecule has 2 aromatic rings. The van der Waals surface area contributed by atoms with E-state index in [1.165, 1.54) is 0 Å². The lowest BCUT2D eigenvalue weighted by molar-refractivity contribution is -0.142. The highest BCUT2D eigenvalue weighted by Gasteiger charge is 2.35. The smallest absolute Gasteiger partial charge is 0.305 e. The van der Waals surface area contributed by atoms with Crippen molar-refractivity contribution in [3.63, 3.8) is 0 Å². The molecule has 1 fully saturated rings. The lowest BCUT2D eigenvalue weighted by Crippen LogP contribution is -2.61. The zero-order valence-corrected chi connectivity index (χ0v) is 34.1. The van der Waals surface area contributed by atoms with Gasteiger partial charge in [-0.1, -0.05) is 63.6 Å². The van der Waals surface area contributed by atoms with Crippen molar-refractivity contribution in [3.05, 3.63) is 36.0 Å². The van der Waals surface area contributed by atoms with E-state index in [2.05, 4.69) is 49.1 Å². The van der Waals surface area contributed by atoms with Crippen molar-refractivity contribution in [2.24, 2.45) is 5.73 Å². The van der Waals surface area contributed by atoms with E-state index in [0.717, 1.165) is 56.4 Å². The molecule has 60 heavy (non-hydrogen) atoms. The summed E-state index contributed by atoms with van der Waals surface area (Å²) < 4.78 is 0. The molecule has 8 amide bonds. The van der Waals surface area contributed by atoms with E-state index in [1.54, 1.807) is 12.3 Å². The number of aliphatic hydroxyl groups excluding tert-OH is 1. The van der Waals surface area contributed by atoms with Crippen LogP contribution in [0.3, 0.4) is 0 Å². The molecular weight excluding hydrogens is 782 g/mol. The summed E-state index contributed by atoms with van der Waals surface area (Å²) in [6, 6.07) is -0.151. The maximum atomic E-state index is 13.9. The third kappa shape index (κ3) is 16.3. The molecule has 20 nitrogen and oxygen atoms in total. The summed E-state index contributed by atoms with van der Waals surface area (Å²) in [5.74, 6) is -8.46. The zero-order valence-electron chi connectivity index (χ0n) is 34.1. The predicted molar refractivity (Wildman–Crippen MR) is 217 cm³/mol. The van der Waals surface area contributed by atoms with Crippen LogP contribution in [0.4, 0.5) is 0 Å². The number of primary amides is 1. The predicted octanol–water partition coefficient (Wildman–Crippen LogP) is -0.968. The first-order valence-electron chi connectivity index (χ1n) is 20.4. The van der Waals surface area contributed by atoms with Crippen LogP contribution in [0.1, 0.15) is 96.5 Å². The van der Waals surface area contributed by atoms with E-state index >= 15 is 0 Å². The Morgan fingerprint density at radius 3 is 2.10 bits per heavy atom. The maximum Gasteiger partial charge on any atom is 0.305 e. The Bertz CT molecular complexity index is 1830. The number of hydrogen-bond acceptors (Lipinski definition) is 10. The van der Waals surface area contributed by atoms with Gasteiger partial charge in [0.25, 0.3) is 0 Å². The monoisotopic (exact) mass is 841 g/mol. The molecule has 0 saturated carbocycles. The highest BCUT2D eigenvalue weighted by molar-refractivity contribution is 5.99. The van der Waals surface area contributed by atoms with Crippen molar-refractivity contribution in [2.75, 3.05) is 13.1 Å². The number of carbonyl (C=O) groups excluding carboxylic acids is 8. The standard InChI is InChI=1S/C40H59N9O11/c1-3-4-5-6-7-8-9-16-32(52)46-28(18-24-21-43-26-14-11-10-13-25(24)26)37(57)47-29(19-31(41)51)38(58)48-30(20-34(54)55)39(59)49-35(23(2)50)40(60)44-22-33(53)45-27-15-12-17-42-36(27)56/h10-11,13-14,21,23,27-30,35,43,50H,3-9,12,15-20,22H2,1-2H3,(H2,41,51)(H,42,56)(H,44,60)(H,45,53)(H,46,52)(H,47,57)(H,48,58)(H,49,59)(H,54,55)/t23-,27+,28+,29-,30+,35+/m1/s1. The fourth-order valence-corrected chi connectivity index (χ4v) is 6.67. The molecular formula is C40H59N9O11. The summed E-state index contributed by atoms with van der Waals surface area (Å²) in [7, 11) is 0. The molecule has 0 radical (unpaired) electrons. The number of carboxylic acids is 1. The van der Waals surface area contributed by atoms with Crippen molar-refractivity contribution in [2.45, 2.75) is 134 Å². The molecule has 330 valence electrons. The summed E-state index contributed by atoms with van der Waals surface area (Å²) in [4.78, 5) is 118. The Kier molecular flexibility index (Phi) is 20.0. The number of carbonyl (C=O) groups is 9. The number of nitrogens with two attached hydrogens (primary N) is 1. The number of amides is 8. The average molecular weight is 842 g/mol. The first kappa shape index (κ1) is 48.3. The molecule has 1 aromatic heterocycles. The molecule has 0 unspecified atom stereocenters. The molecule has 12 N–H and O–H groups in total. The number of para-hydroxylation sites is 1. The van der Waals surface area contributed by atoms with E-state index in [9.17, 15) is 53.4 Å². The van der Waals surface area contributed by atoms with Gasteiger partial charge in [0.15, 0.2) is 0 Å². The average Bonchev–Trinajstić information content (AvgIpc) is 3.60. The first-order chi connectivity index (χ1) is 28.6. The van der Waals surface area contributed by atoms with Gasteiger partial charge in [-0.25, -0.2) is 0 Å². The number of nitrogens with one attached hydrogen (secondary N) is 8. The number of hydrogen-bond donors (Lipinski definition) is 11. The minimum absolute atomic E-state index is 0.0199. The quantitative estimate of drug-likeness (QED) is 0.0512. The summed E-state index contributed by atoms with van der Waals surface area (Å²) in [6.07, 6.45) is 6.22. The maximum absolute atomic E-state index is 13.9. The normalized spacial score (nSPS) is 16.2. The molecule has 1 aromatic carbocycles. The van der Waals surface area contributed by atoms with E-state index in [-0.39, 0.29) is 18.7 Å². The Morgan fingerprint density at radius 2 is 1.45 bits per heavy atom. The molecule has 1 aliphatic heterocycles. The zero-order chi connectivity index (χ0) is 44.2. The van der Waals surface area contributed by atoms with Gasteiger partial charge in [0, 0.05) is 36.5 Å². The first-order valence-corrected chi connectivity index (χ1v) is 20.4. The van der Waals surface area contributed by atoms with E-state index < -0.39 is 103 Å². The topological polar surface area (TPSA) is 320 Å². The number of H-pyrrole nitrogens is 1. The van der Waals surface area contributed by atoms with Crippen molar-refractivity contribution in [1.29, 1.82) is 0 Å². The third-order valence-electron chi connectivity index (χ3n) is 9.91. The van der Waals surface area contributed by atoms with Gasteiger partial charge in [0.2, 0.25) is 47.3 Å². The summed E-state index contributed by atoms with van der Waals surface area (Å²) in [6.45, 7) is 3.10. The Labute approximate surface area is 347 Å². The van der Waals surface area contributed by atoms with Crippen LogP contribution in [-0.2, 0) is 49.6 Å². The van der Waals surface area contributed by atoms with Crippen LogP contribution in [0.25, 0.3) is 10.9 Å². The number of piperidine rings is 1. The number of fused-ring (bicyclic) bond motifs is 1. The van der Waals surface area contributed by atoms with Crippen LogP contribution in [0.5, 0.6) is 0 Å². The minimum Gasteiger partial charge on any atom is -0.481 e. The molecule has 1 aliphatic rings. The molecule has 1 saturated heterocycles. The molecule has 0 aliphatic carbocycles. The molecule has 0 bridgehead atoms. The largest absolute Gasteiger partial charge is 0.481 e. The second-order valence-corrected chi connectivity index (χ2v) is 14.9. The number of rotatable bonds is 26. The lowest BCUT2D eigenvalue weighted by atomic mass is 10.0. The van der Waals surface area contributed by atoms with Crippen LogP contribution in [0.2, 0.25) is 0 Å². The SMILES string of the molecule is CCCCCCCCCC(=O)N[C@@H](Cc1c[nH]c2ccccc12)C(=O)N[C@H](CC(N)=O)C(=O)N[C@@H](CC(=O)O)C(=O)N[C@H](C(=O)NCC(=O)N[C@H]1CCCNC1=O)[C@@H](C)O. The van der Waals surface area contributed by atoms with Crippen LogP contribution >= 0.6 is 0 Å². The number of aliphatic carboxylic acids is 1. The number of benzene rings is 1. The summed E-state index contributed by atoms with van der Waals surface area (Å²) in [5.41, 5.74) is 6.87.